The number of phenolic OH excluding ortho intramolecular Hbond substituents is 1. The van der Waals surface area contributed by atoms with E-state index in [1.165, 1.54) is 6.21 Å². The number of ether oxygens (including phenoxy) is 2. The molecule has 0 fully saturated rings. The monoisotopic (exact) mass is 530 g/mol. The molecule has 3 aromatic rings. The number of carbonyl (C=O) groups excluding carboxylic acids is 2. The number of amides is 1. The molecule has 7 heteroatoms. The molecular weight excluding hydrogens is 492 g/mol. The molecular formula is C32H38N2O5. The van der Waals surface area contributed by atoms with Crippen LogP contribution in [-0.4, -0.2) is 30.3 Å². The Morgan fingerprint density at radius 3 is 2.08 bits per heavy atom. The Labute approximate surface area is 230 Å². The fourth-order valence-corrected chi connectivity index (χ4v) is 4.03. The molecule has 1 amide bonds. The van der Waals surface area contributed by atoms with Crippen LogP contribution in [0.5, 0.6) is 17.2 Å². The molecule has 0 unspecified atom stereocenters. The number of phenols is 1. The fraction of sp³-hybridized carbons (Fsp3) is 0.344. The van der Waals surface area contributed by atoms with E-state index in [9.17, 15) is 14.7 Å². The number of nitrogens with one attached hydrogen (secondary N) is 1. The number of rotatable bonds is 8. The Morgan fingerprint density at radius 2 is 1.51 bits per heavy atom. The molecule has 206 valence electrons. The van der Waals surface area contributed by atoms with Crippen molar-refractivity contribution in [3.05, 3.63) is 88.5 Å². The van der Waals surface area contributed by atoms with E-state index in [-0.39, 0.29) is 23.2 Å². The SMILES string of the molecule is COc1ccc(C(=O)Oc2cccc(/C=N\NC(=O)CCc3cc(C(C)(C)C)c(O)c(C(C)(C)C)c3)c2)cc1. The van der Waals surface area contributed by atoms with Crippen molar-refractivity contribution in [1.29, 1.82) is 0 Å². The van der Waals surface area contributed by atoms with Gasteiger partial charge in [-0.3, -0.25) is 4.79 Å². The quantitative estimate of drug-likeness (QED) is 0.154. The average Bonchev–Trinajstić information content (AvgIpc) is 2.87. The Bertz CT molecular complexity index is 1310. The lowest BCUT2D eigenvalue weighted by molar-refractivity contribution is -0.121. The predicted molar refractivity (Wildman–Crippen MR) is 154 cm³/mol. The second kappa shape index (κ2) is 12.2. The van der Waals surface area contributed by atoms with Gasteiger partial charge in [0.1, 0.15) is 17.2 Å². The van der Waals surface area contributed by atoms with E-state index in [0.29, 0.717) is 34.8 Å². The van der Waals surface area contributed by atoms with E-state index in [4.69, 9.17) is 9.47 Å². The Balaban J connectivity index is 1.60. The second-order valence-corrected chi connectivity index (χ2v) is 11.5. The highest BCUT2D eigenvalue weighted by molar-refractivity contribution is 5.91. The number of hydrogen-bond acceptors (Lipinski definition) is 6. The third-order valence-corrected chi connectivity index (χ3v) is 6.22. The van der Waals surface area contributed by atoms with Crippen LogP contribution in [0.1, 0.15) is 80.6 Å². The van der Waals surface area contributed by atoms with Gasteiger partial charge in [0.2, 0.25) is 5.91 Å². The minimum Gasteiger partial charge on any atom is -0.507 e. The molecule has 0 saturated heterocycles. The molecule has 39 heavy (non-hydrogen) atoms. The summed E-state index contributed by atoms with van der Waals surface area (Å²) in [6.07, 6.45) is 2.26. The summed E-state index contributed by atoms with van der Waals surface area (Å²) >= 11 is 0. The lowest BCUT2D eigenvalue weighted by Gasteiger charge is -2.28. The summed E-state index contributed by atoms with van der Waals surface area (Å²) < 4.78 is 10.6. The summed E-state index contributed by atoms with van der Waals surface area (Å²) in [5.41, 5.74) is 5.90. The smallest absolute Gasteiger partial charge is 0.343 e. The number of esters is 1. The molecule has 0 atom stereocenters. The van der Waals surface area contributed by atoms with E-state index in [0.717, 1.165) is 16.7 Å². The van der Waals surface area contributed by atoms with E-state index in [2.05, 4.69) is 52.1 Å². The van der Waals surface area contributed by atoms with Crippen molar-refractivity contribution < 1.29 is 24.2 Å². The van der Waals surface area contributed by atoms with Crippen molar-refractivity contribution in [2.24, 2.45) is 5.10 Å². The van der Waals surface area contributed by atoms with Crippen LogP contribution < -0.4 is 14.9 Å². The van der Waals surface area contributed by atoms with Crippen LogP contribution in [0.15, 0.2) is 65.8 Å². The molecule has 0 radical (unpaired) electrons. The lowest BCUT2D eigenvalue weighted by Crippen LogP contribution is -2.20. The largest absolute Gasteiger partial charge is 0.507 e. The van der Waals surface area contributed by atoms with Gasteiger partial charge >= 0.3 is 5.97 Å². The first-order valence-corrected chi connectivity index (χ1v) is 12.9. The zero-order valence-electron chi connectivity index (χ0n) is 23.8. The number of carbonyl (C=O) groups is 2. The maximum Gasteiger partial charge on any atom is 0.343 e. The molecule has 0 saturated carbocycles. The Kier molecular flexibility index (Phi) is 9.17. The first-order valence-electron chi connectivity index (χ1n) is 12.9. The maximum absolute atomic E-state index is 12.5. The molecule has 0 aliphatic heterocycles. The normalized spacial score (nSPS) is 11.9. The molecule has 0 spiro atoms. The Morgan fingerprint density at radius 1 is 0.897 bits per heavy atom. The summed E-state index contributed by atoms with van der Waals surface area (Å²) in [5.74, 6) is 0.626. The van der Waals surface area contributed by atoms with Crippen LogP contribution in [0.25, 0.3) is 0 Å². The van der Waals surface area contributed by atoms with Gasteiger partial charge in [0.05, 0.1) is 18.9 Å². The van der Waals surface area contributed by atoms with Gasteiger partial charge in [-0.25, -0.2) is 10.2 Å². The highest BCUT2D eigenvalue weighted by Gasteiger charge is 2.26. The molecule has 0 bridgehead atoms. The molecule has 0 aromatic heterocycles. The van der Waals surface area contributed by atoms with Gasteiger partial charge in [-0.15, -0.1) is 0 Å². The van der Waals surface area contributed by atoms with Gasteiger partial charge in [-0.2, -0.15) is 5.10 Å². The number of benzene rings is 3. The number of methoxy groups -OCH3 is 1. The topological polar surface area (TPSA) is 97.2 Å². The average molecular weight is 531 g/mol. The first-order chi connectivity index (χ1) is 18.3. The highest BCUT2D eigenvalue weighted by atomic mass is 16.5. The maximum atomic E-state index is 12.5. The van der Waals surface area contributed by atoms with Gasteiger partial charge < -0.3 is 14.6 Å². The molecule has 0 aliphatic carbocycles. The van der Waals surface area contributed by atoms with E-state index in [1.807, 2.05) is 12.1 Å². The molecule has 3 rings (SSSR count). The number of hydrazone groups is 1. The zero-order valence-corrected chi connectivity index (χ0v) is 23.8. The van der Waals surface area contributed by atoms with Gasteiger partial charge in [0.25, 0.3) is 0 Å². The van der Waals surface area contributed by atoms with Crippen LogP contribution in [0.2, 0.25) is 0 Å². The number of aryl methyl sites for hydroxylation is 1. The third-order valence-electron chi connectivity index (χ3n) is 6.22. The molecule has 0 heterocycles. The van der Waals surface area contributed by atoms with E-state index < -0.39 is 5.97 Å². The number of nitrogens with zero attached hydrogens (tertiary/aromatic N) is 1. The van der Waals surface area contributed by atoms with Crippen LogP contribution >= 0.6 is 0 Å². The van der Waals surface area contributed by atoms with Gasteiger partial charge in [0.15, 0.2) is 0 Å². The van der Waals surface area contributed by atoms with Crippen molar-refractivity contribution in [2.75, 3.05) is 7.11 Å². The van der Waals surface area contributed by atoms with Gasteiger partial charge in [-0.05, 0) is 75.9 Å². The molecule has 2 N–H and O–H groups in total. The summed E-state index contributed by atoms with van der Waals surface area (Å²) in [6, 6.07) is 17.5. The van der Waals surface area contributed by atoms with Gasteiger partial charge in [-0.1, -0.05) is 65.8 Å². The van der Waals surface area contributed by atoms with Crippen molar-refractivity contribution in [3.63, 3.8) is 0 Å². The Hall–Kier alpha value is -4.13. The van der Waals surface area contributed by atoms with Crippen LogP contribution in [-0.2, 0) is 22.0 Å². The zero-order chi connectivity index (χ0) is 28.8. The molecule has 3 aromatic carbocycles. The molecule has 0 aliphatic rings. The highest BCUT2D eigenvalue weighted by Crippen LogP contribution is 2.40. The summed E-state index contributed by atoms with van der Waals surface area (Å²) in [5, 5.41) is 15.0. The van der Waals surface area contributed by atoms with E-state index in [1.54, 1.807) is 55.6 Å². The standard InChI is InChI=1S/C32H38N2O5/c1-31(2,3)26-18-21(19-27(29(26)36)32(4,5)6)11-16-28(35)34-33-20-22-9-8-10-25(17-22)39-30(37)23-12-14-24(38-7)15-13-23/h8-10,12-15,17-20,36H,11,16H2,1-7H3,(H,34,35)/b33-20-. The van der Waals surface area contributed by atoms with Gasteiger partial charge in [0, 0.05) is 6.42 Å². The fourth-order valence-electron chi connectivity index (χ4n) is 4.03. The summed E-state index contributed by atoms with van der Waals surface area (Å²) in [7, 11) is 1.56. The number of aromatic hydroxyl groups is 1. The van der Waals surface area contributed by atoms with E-state index >= 15 is 0 Å². The van der Waals surface area contributed by atoms with Crippen molar-refractivity contribution in [3.8, 4) is 17.2 Å². The minimum absolute atomic E-state index is 0.226. The lowest BCUT2D eigenvalue weighted by atomic mass is 9.78. The predicted octanol–water partition coefficient (Wildman–Crippen LogP) is 6.30. The van der Waals surface area contributed by atoms with Crippen molar-refractivity contribution >= 4 is 18.1 Å². The van der Waals surface area contributed by atoms with Crippen LogP contribution in [0.4, 0.5) is 0 Å². The van der Waals surface area contributed by atoms with Crippen molar-refractivity contribution in [2.45, 2.75) is 65.2 Å². The minimum atomic E-state index is -0.487. The first kappa shape index (κ1) is 29.4. The third kappa shape index (κ3) is 8.18. The second-order valence-electron chi connectivity index (χ2n) is 11.5. The van der Waals surface area contributed by atoms with Crippen LogP contribution in [0, 0.1) is 0 Å². The van der Waals surface area contributed by atoms with Crippen molar-refractivity contribution in [1.82, 2.24) is 5.43 Å². The van der Waals surface area contributed by atoms with Crippen LogP contribution in [0.3, 0.4) is 0 Å². The summed E-state index contributed by atoms with van der Waals surface area (Å²) in [4.78, 5) is 24.9. The summed E-state index contributed by atoms with van der Waals surface area (Å²) in [6.45, 7) is 12.4. The number of hydrogen-bond donors (Lipinski definition) is 2. The molecule has 7 nitrogen and oxygen atoms in total.